The molecule has 1 N–H and O–H groups in total. The molecule has 110 valence electrons. The fourth-order valence-electron chi connectivity index (χ4n) is 2.97. The smallest absolute Gasteiger partial charge is 0.317 e. The zero-order chi connectivity index (χ0) is 14.4. The van der Waals surface area contributed by atoms with Gasteiger partial charge in [-0.05, 0) is 32.0 Å². The molecule has 0 radical (unpaired) electrons. The highest BCUT2D eigenvalue weighted by Crippen LogP contribution is 2.18. The number of benzene rings is 1. The Bertz CT molecular complexity index is 422. The lowest BCUT2D eigenvalue weighted by molar-refractivity contribution is -0.139. The summed E-state index contributed by atoms with van der Waals surface area (Å²) in [5.74, 6) is -0.720. The van der Waals surface area contributed by atoms with Crippen LogP contribution in [0.15, 0.2) is 30.3 Å². The van der Waals surface area contributed by atoms with Crippen LogP contribution in [0, 0.1) is 0 Å². The van der Waals surface area contributed by atoms with Crippen molar-refractivity contribution >= 4 is 5.97 Å². The number of hydrogen-bond donors (Lipinski definition) is 1. The van der Waals surface area contributed by atoms with E-state index in [0.29, 0.717) is 6.04 Å². The van der Waals surface area contributed by atoms with Crippen LogP contribution in [0.1, 0.15) is 24.8 Å². The molecular weight excluding hydrogens is 252 g/mol. The molecule has 1 heterocycles. The van der Waals surface area contributed by atoms with Crippen LogP contribution in [0.3, 0.4) is 0 Å². The molecule has 0 spiro atoms. The largest absolute Gasteiger partial charge is 0.480 e. The van der Waals surface area contributed by atoms with E-state index < -0.39 is 5.97 Å². The van der Waals surface area contributed by atoms with Crippen molar-refractivity contribution in [3.05, 3.63) is 35.9 Å². The molecule has 1 aliphatic rings. The summed E-state index contributed by atoms with van der Waals surface area (Å²) in [7, 11) is 2.11. The van der Waals surface area contributed by atoms with Gasteiger partial charge in [-0.15, -0.1) is 0 Å². The Morgan fingerprint density at radius 1 is 1.35 bits per heavy atom. The number of likely N-dealkylation sites (tertiary alicyclic amines) is 1. The number of rotatable bonds is 6. The van der Waals surface area contributed by atoms with Gasteiger partial charge in [0.15, 0.2) is 0 Å². The Hall–Kier alpha value is -1.39. The maximum atomic E-state index is 10.9. The third-order valence-corrected chi connectivity index (χ3v) is 3.91. The number of aliphatic carboxylic acids is 1. The molecule has 1 saturated heterocycles. The fraction of sp³-hybridized carbons (Fsp3) is 0.562. The predicted octanol–water partition coefficient (Wildman–Crippen LogP) is 2.06. The van der Waals surface area contributed by atoms with Crippen molar-refractivity contribution in [1.29, 1.82) is 0 Å². The van der Waals surface area contributed by atoms with Gasteiger partial charge in [0.1, 0.15) is 0 Å². The van der Waals surface area contributed by atoms with Gasteiger partial charge in [0.05, 0.1) is 6.54 Å². The predicted molar refractivity (Wildman–Crippen MR) is 79.6 cm³/mol. The van der Waals surface area contributed by atoms with Gasteiger partial charge in [-0.2, -0.15) is 0 Å². The highest BCUT2D eigenvalue weighted by Gasteiger charge is 2.25. The summed E-state index contributed by atoms with van der Waals surface area (Å²) in [6.07, 6.45) is 3.43. The van der Waals surface area contributed by atoms with Crippen LogP contribution in [0.4, 0.5) is 0 Å². The highest BCUT2D eigenvalue weighted by atomic mass is 16.4. The Kier molecular flexibility index (Phi) is 5.56. The van der Waals surface area contributed by atoms with E-state index in [2.05, 4.69) is 41.1 Å². The second-order valence-corrected chi connectivity index (χ2v) is 5.70. The Morgan fingerprint density at radius 3 is 2.80 bits per heavy atom. The van der Waals surface area contributed by atoms with Crippen molar-refractivity contribution in [1.82, 2.24) is 9.80 Å². The molecule has 1 aromatic carbocycles. The minimum absolute atomic E-state index is 0.170. The first-order valence-electron chi connectivity index (χ1n) is 7.33. The zero-order valence-corrected chi connectivity index (χ0v) is 12.2. The molecule has 0 aromatic heterocycles. The van der Waals surface area contributed by atoms with Gasteiger partial charge in [-0.3, -0.25) is 9.69 Å². The molecule has 20 heavy (non-hydrogen) atoms. The maximum Gasteiger partial charge on any atom is 0.317 e. The molecule has 0 amide bonds. The Labute approximate surface area is 121 Å². The second kappa shape index (κ2) is 7.41. The van der Waals surface area contributed by atoms with Crippen LogP contribution in [0.25, 0.3) is 0 Å². The quantitative estimate of drug-likeness (QED) is 0.863. The van der Waals surface area contributed by atoms with Crippen molar-refractivity contribution in [2.24, 2.45) is 0 Å². The van der Waals surface area contributed by atoms with E-state index in [9.17, 15) is 4.79 Å². The van der Waals surface area contributed by atoms with Crippen LogP contribution >= 0.6 is 0 Å². The summed E-state index contributed by atoms with van der Waals surface area (Å²) >= 11 is 0. The Morgan fingerprint density at radius 2 is 2.10 bits per heavy atom. The van der Waals surface area contributed by atoms with Crippen LogP contribution in [0.5, 0.6) is 0 Å². The first kappa shape index (κ1) is 15.0. The SMILES string of the molecule is CN(Cc1ccccc1)C[C@@H]1CCCCN1CC(=O)O. The van der Waals surface area contributed by atoms with Gasteiger partial charge < -0.3 is 10.0 Å². The monoisotopic (exact) mass is 276 g/mol. The number of nitrogens with zero attached hydrogens (tertiary/aromatic N) is 2. The first-order chi connectivity index (χ1) is 9.65. The number of likely N-dealkylation sites (N-methyl/N-ethyl adjacent to an activating group) is 1. The average molecular weight is 276 g/mol. The number of piperidine rings is 1. The van der Waals surface area contributed by atoms with Crippen LogP contribution < -0.4 is 0 Å². The molecule has 0 unspecified atom stereocenters. The van der Waals surface area contributed by atoms with Gasteiger partial charge in [-0.1, -0.05) is 36.8 Å². The van der Waals surface area contributed by atoms with Gasteiger partial charge in [-0.25, -0.2) is 0 Å². The molecule has 1 atom stereocenters. The lowest BCUT2D eigenvalue weighted by Crippen LogP contribution is -2.47. The number of carboxylic acid groups (broad SMARTS) is 1. The molecule has 1 aromatic rings. The normalized spacial score (nSPS) is 20.2. The van der Waals surface area contributed by atoms with Crippen LogP contribution in [-0.2, 0) is 11.3 Å². The van der Waals surface area contributed by atoms with Crippen molar-refractivity contribution in [2.75, 3.05) is 26.7 Å². The summed E-state index contributed by atoms with van der Waals surface area (Å²) < 4.78 is 0. The third kappa shape index (κ3) is 4.62. The molecule has 1 aliphatic heterocycles. The lowest BCUT2D eigenvalue weighted by Gasteiger charge is -2.36. The second-order valence-electron chi connectivity index (χ2n) is 5.70. The number of carboxylic acids is 1. The van der Waals surface area contributed by atoms with E-state index in [-0.39, 0.29) is 6.54 Å². The molecule has 2 rings (SSSR count). The van der Waals surface area contributed by atoms with Crippen molar-refractivity contribution < 1.29 is 9.90 Å². The standard InChI is InChI=1S/C16H24N2O2/c1-17(11-14-7-3-2-4-8-14)12-15-9-5-6-10-18(15)13-16(19)20/h2-4,7-8,15H,5-6,9-13H2,1H3,(H,19,20)/t15-/m0/s1. The van der Waals surface area contributed by atoms with Crippen molar-refractivity contribution in [3.8, 4) is 0 Å². The number of carbonyl (C=O) groups is 1. The molecule has 0 saturated carbocycles. The van der Waals surface area contributed by atoms with Gasteiger partial charge in [0.2, 0.25) is 0 Å². The molecule has 0 aliphatic carbocycles. The number of hydrogen-bond acceptors (Lipinski definition) is 3. The fourth-order valence-corrected chi connectivity index (χ4v) is 2.97. The summed E-state index contributed by atoms with van der Waals surface area (Å²) in [5.41, 5.74) is 1.30. The highest BCUT2D eigenvalue weighted by molar-refractivity contribution is 5.69. The summed E-state index contributed by atoms with van der Waals surface area (Å²) in [6, 6.07) is 10.8. The van der Waals surface area contributed by atoms with E-state index in [0.717, 1.165) is 32.5 Å². The third-order valence-electron chi connectivity index (χ3n) is 3.91. The molecule has 4 nitrogen and oxygen atoms in total. The Balaban J connectivity index is 1.87. The topological polar surface area (TPSA) is 43.8 Å². The van der Waals surface area contributed by atoms with Gasteiger partial charge >= 0.3 is 5.97 Å². The van der Waals surface area contributed by atoms with Crippen LogP contribution in [0.2, 0.25) is 0 Å². The summed E-state index contributed by atoms with van der Waals surface area (Å²) in [5, 5.41) is 9.00. The molecular formula is C16H24N2O2. The van der Waals surface area contributed by atoms with E-state index in [1.54, 1.807) is 0 Å². The van der Waals surface area contributed by atoms with E-state index >= 15 is 0 Å². The lowest BCUT2D eigenvalue weighted by atomic mass is 10.0. The first-order valence-corrected chi connectivity index (χ1v) is 7.33. The van der Waals surface area contributed by atoms with Crippen LogP contribution in [-0.4, -0.2) is 53.6 Å². The average Bonchev–Trinajstić information content (AvgIpc) is 2.41. The molecule has 1 fully saturated rings. The van der Waals surface area contributed by atoms with E-state index in [4.69, 9.17) is 5.11 Å². The van der Waals surface area contributed by atoms with E-state index in [1.165, 1.54) is 12.0 Å². The molecule has 4 heteroatoms. The van der Waals surface area contributed by atoms with Crippen molar-refractivity contribution in [3.63, 3.8) is 0 Å². The van der Waals surface area contributed by atoms with Gasteiger partial charge in [0.25, 0.3) is 0 Å². The zero-order valence-electron chi connectivity index (χ0n) is 12.2. The van der Waals surface area contributed by atoms with E-state index in [1.807, 2.05) is 6.07 Å². The van der Waals surface area contributed by atoms with Crippen molar-refractivity contribution in [2.45, 2.75) is 31.8 Å². The van der Waals surface area contributed by atoms with Gasteiger partial charge in [0, 0.05) is 19.1 Å². The maximum absolute atomic E-state index is 10.9. The minimum atomic E-state index is -0.720. The summed E-state index contributed by atoms with van der Waals surface area (Å²) in [6.45, 7) is 2.93. The molecule has 0 bridgehead atoms. The minimum Gasteiger partial charge on any atom is -0.480 e. The summed E-state index contributed by atoms with van der Waals surface area (Å²) in [4.78, 5) is 15.3.